The molecule has 3 aromatic rings. The van der Waals surface area contributed by atoms with E-state index in [0.29, 0.717) is 10.9 Å². The molecular formula is C17H16ClNOS. The number of nitrogens with two attached hydrogens (primary N) is 1. The van der Waals surface area contributed by atoms with Gasteiger partial charge in [-0.25, -0.2) is 0 Å². The normalized spacial score (nSPS) is 19.6. The van der Waals surface area contributed by atoms with Gasteiger partial charge < -0.3 is 10.2 Å². The molecule has 2 unspecified atom stereocenters. The quantitative estimate of drug-likeness (QED) is 0.699. The van der Waals surface area contributed by atoms with Crippen LogP contribution in [0.15, 0.2) is 40.1 Å². The summed E-state index contributed by atoms with van der Waals surface area (Å²) >= 11 is 8.03. The van der Waals surface area contributed by atoms with Gasteiger partial charge in [-0.2, -0.15) is 0 Å². The minimum absolute atomic E-state index is 0.109. The van der Waals surface area contributed by atoms with E-state index in [0.717, 1.165) is 23.2 Å². The summed E-state index contributed by atoms with van der Waals surface area (Å²) in [7, 11) is 0. The van der Waals surface area contributed by atoms with E-state index in [-0.39, 0.29) is 6.04 Å². The van der Waals surface area contributed by atoms with Gasteiger partial charge in [0.1, 0.15) is 5.76 Å². The number of fused-ring (bicyclic) bond motifs is 2. The Hall–Kier alpha value is -1.29. The molecule has 0 aliphatic heterocycles. The van der Waals surface area contributed by atoms with Crippen LogP contribution in [0.25, 0.3) is 11.0 Å². The first-order valence-electron chi connectivity index (χ1n) is 7.24. The zero-order chi connectivity index (χ0) is 14.4. The van der Waals surface area contributed by atoms with Gasteiger partial charge in [-0.3, -0.25) is 0 Å². The van der Waals surface area contributed by atoms with Gasteiger partial charge in [-0.05, 0) is 48.4 Å². The van der Waals surface area contributed by atoms with Gasteiger partial charge in [-0.15, -0.1) is 11.3 Å². The molecule has 1 aliphatic carbocycles. The fourth-order valence-corrected chi connectivity index (χ4v) is 4.52. The van der Waals surface area contributed by atoms with Crippen LogP contribution in [0.5, 0.6) is 0 Å². The van der Waals surface area contributed by atoms with Gasteiger partial charge in [0.2, 0.25) is 0 Å². The lowest BCUT2D eigenvalue weighted by atomic mass is 9.82. The Morgan fingerprint density at radius 3 is 3.10 bits per heavy atom. The van der Waals surface area contributed by atoms with Crippen LogP contribution in [0.4, 0.5) is 0 Å². The third-order valence-electron chi connectivity index (χ3n) is 4.38. The molecule has 2 atom stereocenters. The van der Waals surface area contributed by atoms with Gasteiger partial charge in [0.05, 0.1) is 11.1 Å². The zero-order valence-electron chi connectivity index (χ0n) is 11.5. The minimum Gasteiger partial charge on any atom is -0.458 e. The second kappa shape index (κ2) is 5.16. The standard InChI is InChI=1S/C17H16ClNOS/c18-13-5-1-3-10-9-14(20-17(10)13)16(19)12-4-2-6-15-11(12)7-8-21-15/h1,3,5,7-9,12,16H,2,4,6,19H2. The Balaban J connectivity index is 1.74. The second-order valence-corrected chi connectivity index (χ2v) is 7.04. The Morgan fingerprint density at radius 1 is 1.33 bits per heavy atom. The predicted molar refractivity (Wildman–Crippen MR) is 88.2 cm³/mol. The third kappa shape index (κ3) is 2.20. The zero-order valence-corrected chi connectivity index (χ0v) is 13.1. The third-order valence-corrected chi connectivity index (χ3v) is 5.67. The van der Waals surface area contributed by atoms with Crippen LogP contribution in [0.3, 0.4) is 0 Å². The van der Waals surface area contributed by atoms with Crippen molar-refractivity contribution in [3.63, 3.8) is 0 Å². The number of hydrogen-bond acceptors (Lipinski definition) is 3. The van der Waals surface area contributed by atoms with Crippen LogP contribution in [-0.4, -0.2) is 0 Å². The molecule has 2 N–H and O–H groups in total. The van der Waals surface area contributed by atoms with E-state index in [9.17, 15) is 0 Å². The van der Waals surface area contributed by atoms with Gasteiger partial charge >= 0.3 is 0 Å². The monoisotopic (exact) mass is 317 g/mol. The van der Waals surface area contributed by atoms with E-state index in [1.165, 1.54) is 23.3 Å². The SMILES string of the molecule is NC(c1cc2cccc(Cl)c2o1)C1CCCc2sccc21. The first-order chi connectivity index (χ1) is 10.2. The molecule has 2 aromatic heterocycles. The largest absolute Gasteiger partial charge is 0.458 e. The highest BCUT2D eigenvalue weighted by Gasteiger charge is 2.29. The smallest absolute Gasteiger partial charge is 0.152 e. The van der Waals surface area contributed by atoms with E-state index in [4.69, 9.17) is 21.8 Å². The maximum atomic E-state index is 6.53. The van der Waals surface area contributed by atoms with Crippen molar-refractivity contribution in [2.75, 3.05) is 0 Å². The fraction of sp³-hybridized carbons (Fsp3) is 0.294. The molecule has 2 heterocycles. The summed E-state index contributed by atoms with van der Waals surface area (Å²) in [5.41, 5.74) is 8.67. The molecular weight excluding hydrogens is 302 g/mol. The molecule has 108 valence electrons. The lowest BCUT2D eigenvalue weighted by Crippen LogP contribution is -2.22. The minimum atomic E-state index is -0.109. The lowest BCUT2D eigenvalue weighted by molar-refractivity contribution is 0.410. The molecule has 0 bridgehead atoms. The van der Waals surface area contributed by atoms with Crippen LogP contribution < -0.4 is 5.73 Å². The number of benzene rings is 1. The Bertz CT molecular complexity index is 791. The van der Waals surface area contributed by atoms with E-state index in [1.54, 1.807) is 0 Å². The molecule has 0 fully saturated rings. The van der Waals surface area contributed by atoms with Gasteiger partial charge in [0, 0.05) is 16.2 Å². The highest BCUT2D eigenvalue weighted by Crippen LogP contribution is 2.42. The number of para-hydroxylation sites is 1. The molecule has 0 radical (unpaired) electrons. The second-order valence-electron chi connectivity index (χ2n) is 5.63. The van der Waals surface area contributed by atoms with Crippen molar-refractivity contribution >= 4 is 33.9 Å². The molecule has 0 saturated heterocycles. The van der Waals surface area contributed by atoms with Crippen molar-refractivity contribution in [2.45, 2.75) is 31.2 Å². The number of aryl methyl sites for hydroxylation is 1. The Kier molecular flexibility index (Phi) is 3.29. The summed E-state index contributed by atoms with van der Waals surface area (Å²) in [6.07, 6.45) is 3.50. The predicted octanol–water partition coefficient (Wildman–Crippen LogP) is 5.27. The molecule has 2 nitrogen and oxygen atoms in total. The van der Waals surface area contributed by atoms with E-state index >= 15 is 0 Å². The number of halogens is 1. The van der Waals surface area contributed by atoms with E-state index < -0.39 is 0 Å². The van der Waals surface area contributed by atoms with Crippen LogP contribution in [-0.2, 0) is 6.42 Å². The first-order valence-corrected chi connectivity index (χ1v) is 8.49. The van der Waals surface area contributed by atoms with Crippen molar-refractivity contribution in [3.05, 3.63) is 56.9 Å². The van der Waals surface area contributed by atoms with Crippen molar-refractivity contribution in [3.8, 4) is 0 Å². The summed E-state index contributed by atoms with van der Waals surface area (Å²) in [6.45, 7) is 0. The number of thiophene rings is 1. The Labute approximate surface area is 132 Å². The van der Waals surface area contributed by atoms with Crippen molar-refractivity contribution in [2.24, 2.45) is 5.73 Å². The van der Waals surface area contributed by atoms with E-state index in [1.807, 2.05) is 35.6 Å². The average molecular weight is 318 g/mol. The van der Waals surface area contributed by atoms with Crippen molar-refractivity contribution in [1.29, 1.82) is 0 Å². The molecule has 21 heavy (non-hydrogen) atoms. The molecule has 0 spiro atoms. The van der Waals surface area contributed by atoms with Crippen LogP contribution in [0.2, 0.25) is 5.02 Å². The molecule has 0 saturated carbocycles. The topological polar surface area (TPSA) is 39.2 Å². The summed E-state index contributed by atoms with van der Waals surface area (Å²) in [5, 5.41) is 3.84. The van der Waals surface area contributed by atoms with Crippen molar-refractivity contribution < 1.29 is 4.42 Å². The fourth-order valence-electron chi connectivity index (χ4n) is 3.31. The summed E-state index contributed by atoms with van der Waals surface area (Å²) in [4.78, 5) is 1.48. The maximum Gasteiger partial charge on any atom is 0.152 e. The van der Waals surface area contributed by atoms with Crippen LogP contribution >= 0.6 is 22.9 Å². The molecule has 4 rings (SSSR count). The maximum absolute atomic E-state index is 6.53. The highest BCUT2D eigenvalue weighted by atomic mass is 35.5. The van der Waals surface area contributed by atoms with Crippen LogP contribution in [0, 0.1) is 0 Å². The van der Waals surface area contributed by atoms with Crippen LogP contribution in [0.1, 0.15) is 41.0 Å². The summed E-state index contributed by atoms with van der Waals surface area (Å²) in [6, 6.07) is 9.94. The average Bonchev–Trinajstić information content (AvgIpc) is 3.13. The van der Waals surface area contributed by atoms with Gasteiger partial charge in [-0.1, -0.05) is 23.7 Å². The van der Waals surface area contributed by atoms with Gasteiger partial charge in [0.15, 0.2) is 5.58 Å². The number of furan rings is 1. The summed E-state index contributed by atoms with van der Waals surface area (Å²) in [5.74, 6) is 1.18. The lowest BCUT2D eigenvalue weighted by Gasteiger charge is -2.26. The molecule has 0 amide bonds. The summed E-state index contributed by atoms with van der Waals surface area (Å²) < 4.78 is 5.95. The van der Waals surface area contributed by atoms with E-state index in [2.05, 4.69) is 11.4 Å². The first kappa shape index (κ1) is 13.4. The Morgan fingerprint density at radius 2 is 2.24 bits per heavy atom. The molecule has 4 heteroatoms. The number of rotatable bonds is 2. The highest BCUT2D eigenvalue weighted by molar-refractivity contribution is 7.10. The molecule has 1 aromatic carbocycles. The van der Waals surface area contributed by atoms with Gasteiger partial charge in [0.25, 0.3) is 0 Å². The molecule has 1 aliphatic rings. The number of hydrogen-bond donors (Lipinski definition) is 1. The van der Waals surface area contributed by atoms with Crippen molar-refractivity contribution in [1.82, 2.24) is 0 Å².